The van der Waals surface area contributed by atoms with Gasteiger partial charge in [0.05, 0.1) is 32.0 Å². The molecule has 1 saturated heterocycles. The topological polar surface area (TPSA) is 175 Å². The van der Waals surface area contributed by atoms with E-state index < -0.39 is 49.5 Å². The lowest BCUT2D eigenvalue weighted by atomic mass is 9.99. The number of carbonyl (C=O) groups excluding carboxylic acids is 2. The standard InChI is InChI=1S/C87H165NO10/c1-3-5-7-9-11-13-15-17-18-19-41-45-48-51-55-59-63-67-71-75-83(92)96-76-72-68-64-60-56-52-49-46-43-40-38-36-34-32-30-28-26-24-22-20-21-23-25-27-29-31-33-35-37-39-42-44-47-50-54-58-62-66-70-74-82(91)88-79(78-97-87-86(95)85(94)84(93)81(77-89)98-87)80(90)73-69-65-61-57-53-16-14-12-10-8-6-4-2/h10,12,53,57,69,73,79-81,84-87,89-90,93-95H,3-9,11,13-52,54-56,58-68,70-72,74-78H2,1-2H3,(H,88,91)/b12-10+,57-53+,73-69+. The Morgan fingerprint density at radius 2 is 0.663 bits per heavy atom. The van der Waals surface area contributed by atoms with Gasteiger partial charge in [0.2, 0.25) is 5.91 Å². The molecule has 0 aliphatic carbocycles. The normalized spacial score (nSPS) is 17.3. The molecule has 11 nitrogen and oxygen atoms in total. The average molecular weight is 1390 g/mol. The molecule has 0 bridgehead atoms. The summed E-state index contributed by atoms with van der Waals surface area (Å²) >= 11 is 0. The number of hydrogen-bond donors (Lipinski definition) is 6. The summed E-state index contributed by atoms with van der Waals surface area (Å²) < 4.78 is 16.8. The molecule has 1 fully saturated rings. The van der Waals surface area contributed by atoms with Gasteiger partial charge in [-0.15, -0.1) is 0 Å². The second-order valence-corrected chi connectivity index (χ2v) is 30.2. The summed E-state index contributed by atoms with van der Waals surface area (Å²) in [6.07, 6.45) is 90.8. The van der Waals surface area contributed by atoms with E-state index in [-0.39, 0.29) is 18.5 Å². The molecule has 0 aromatic rings. The molecule has 0 aromatic heterocycles. The van der Waals surface area contributed by atoms with E-state index in [4.69, 9.17) is 14.2 Å². The number of amides is 1. The Labute approximate surface area is 606 Å². The highest BCUT2D eigenvalue weighted by molar-refractivity contribution is 5.76. The van der Waals surface area contributed by atoms with Crippen molar-refractivity contribution >= 4 is 11.9 Å². The van der Waals surface area contributed by atoms with Crippen LogP contribution in [0.2, 0.25) is 0 Å². The molecule has 11 heteroatoms. The lowest BCUT2D eigenvalue weighted by molar-refractivity contribution is -0.302. The molecule has 98 heavy (non-hydrogen) atoms. The fraction of sp³-hybridized carbons (Fsp3) is 0.908. The Kier molecular flexibility index (Phi) is 72.8. The zero-order chi connectivity index (χ0) is 70.8. The lowest BCUT2D eigenvalue weighted by Gasteiger charge is -2.40. The average Bonchev–Trinajstić information content (AvgIpc) is 0.824. The van der Waals surface area contributed by atoms with Gasteiger partial charge in [-0.3, -0.25) is 9.59 Å². The van der Waals surface area contributed by atoms with E-state index in [0.717, 1.165) is 64.2 Å². The number of aliphatic hydroxyl groups is 5. The third kappa shape index (κ3) is 63.6. The Morgan fingerprint density at radius 1 is 0.367 bits per heavy atom. The van der Waals surface area contributed by atoms with E-state index in [0.29, 0.717) is 19.4 Å². The van der Waals surface area contributed by atoms with Gasteiger partial charge in [-0.05, 0) is 51.4 Å². The monoisotopic (exact) mass is 1380 g/mol. The number of hydrogen-bond acceptors (Lipinski definition) is 10. The van der Waals surface area contributed by atoms with Crippen molar-refractivity contribution in [1.29, 1.82) is 0 Å². The number of rotatable bonds is 78. The molecule has 1 rings (SSSR count). The highest BCUT2D eigenvalue weighted by Crippen LogP contribution is 2.24. The van der Waals surface area contributed by atoms with Crippen LogP contribution in [0.3, 0.4) is 0 Å². The van der Waals surface area contributed by atoms with E-state index in [1.165, 1.54) is 353 Å². The molecule has 1 amide bonds. The Morgan fingerprint density at radius 3 is 1.00 bits per heavy atom. The Hall–Kier alpha value is -2.12. The molecule has 1 aliphatic rings. The van der Waals surface area contributed by atoms with Crippen molar-refractivity contribution in [1.82, 2.24) is 5.32 Å². The van der Waals surface area contributed by atoms with Crippen LogP contribution in [0.1, 0.15) is 444 Å². The van der Waals surface area contributed by atoms with Crippen molar-refractivity contribution in [2.45, 2.75) is 487 Å². The maximum absolute atomic E-state index is 13.1. The highest BCUT2D eigenvalue weighted by atomic mass is 16.7. The molecule has 1 aliphatic heterocycles. The van der Waals surface area contributed by atoms with Crippen LogP contribution >= 0.6 is 0 Å². The first-order chi connectivity index (χ1) is 48.2. The van der Waals surface area contributed by atoms with Crippen LogP contribution in [-0.2, 0) is 23.8 Å². The molecule has 0 radical (unpaired) electrons. The molecule has 7 unspecified atom stereocenters. The molecule has 1 heterocycles. The summed E-state index contributed by atoms with van der Waals surface area (Å²) in [6, 6.07) is -0.830. The van der Waals surface area contributed by atoms with Crippen molar-refractivity contribution < 1.29 is 49.3 Å². The van der Waals surface area contributed by atoms with E-state index >= 15 is 0 Å². The maximum atomic E-state index is 13.1. The van der Waals surface area contributed by atoms with E-state index in [1.807, 2.05) is 6.08 Å². The second kappa shape index (κ2) is 76.0. The summed E-state index contributed by atoms with van der Waals surface area (Å²) in [7, 11) is 0. The van der Waals surface area contributed by atoms with Crippen molar-refractivity contribution in [3.8, 4) is 0 Å². The number of nitrogens with one attached hydrogen (secondary N) is 1. The van der Waals surface area contributed by atoms with Crippen LogP contribution in [0.4, 0.5) is 0 Å². The minimum Gasteiger partial charge on any atom is -0.466 e. The zero-order valence-electron chi connectivity index (χ0n) is 64.8. The minimum absolute atomic E-state index is 0.0239. The van der Waals surface area contributed by atoms with Gasteiger partial charge in [-0.2, -0.15) is 0 Å². The minimum atomic E-state index is -1.58. The van der Waals surface area contributed by atoms with Gasteiger partial charge >= 0.3 is 5.97 Å². The largest absolute Gasteiger partial charge is 0.466 e. The first-order valence-corrected chi connectivity index (χ1v) is 43.3. The summed E-state index contributed by atoms with van der Waals surface area (Å²) in [4.78, 5) is 25.2. The smallest absolute Gasteiger partial charge is 0.305 e. The fourth-order valence-corrected chi connectivity index (χ4v) is 14.0. The first kappa shape index (κ1) is 93.9. The second-order valence-electron chi connectivity index (χ2n) is 30.2. The van der Waals surface area contributed by atoms with Crippen LogP contribution < -0.4 is 5.32 Å². The predicted molar refractivity (Wildman–Crippen MR) is 417 cm³/mol. The molecule has 0 saturated carbocycles. The Balaban J connectivity index is 1.84. The number of esters is 1. The summed E-state index contributed by atoms with van der Waals surface area (Å²) in [5.41, 5.74) is 0. The van der Waals surface area contributed by atoms with Crippen molar-refractivity contribution in [2.24, 2.45) is 0 Å². The molecule has 578 valence electrons. The molecule has 7 atom stereocenters. The SMILES string of the molecule is CCCC/C=C/CC/C=C/CC/C=C/C(O)C(COC1OC(CO)C(O)C(O)C1O)NC(=O)CCCCCCCCCCCCCCCCCCCCCCCCCCCCCCCCCCCCCCCCCOC(=O)CCCCCCCCCCCCCCCCCCCCC. The van der Waals surface area contributed by atoms with Gasteiger partial charge < -0.3 is 45.1 Å². The fourth-order valence-electron chi connectivity index (χ4n) is 14.0. The van der Waals surface area contributed by atoms with Crippen molar-refractivity contribution in [3.05, 3.63) is 36.5 Å². The number of ether oxygens (including phenoxy) is 3. The highest BCUT2D eigenvalue weighted by Gasteiger charge is 2.44. The van der Waals surface area contributed by atoms with Gasteiger partial charge in [0.1, 0.15) is 24.4 Å². The number of unbranched alkanes of at least 4 members (excludes halogenated alkanes) is 60. The number of allylic oxidation sites excluding steroid dienone is 5. The summed E-state index contributed by atoms with van der Waals surface area (Å²) in [5.74, 6) is -0.165. The number of carbonyl (C=O) groups is 2. The van der Waals surface area contributed by atoms with Gasteiger partial charge in [0.25, 0.3) is 0 Å². The van der Waals surface area contributed by atoms with Gasteiger partial charge in [0, 0.05) is 12.8 Å². The van der Waals surface area contributed by atoms with Crippen LogP contribution in [0.5, 0.6) is 0 Å². The van der Waals surface area contributed by atoms with Gasteiger partial charge in [0.15, 0.2) is 6.29 Å². The van der Waals surface area contributed by atoms with Crippen LogP contribution in [0.25, 0.3) is 0 Å². The van der Waals surface area contributed by atoms with E-state index in [1.54, 1.807) is 6.08 Å². The Bertz CT molecular complexity index is 1720. The predicted octanol–water partition coefficient (Wildman–Crippen LogP) is 24.0. The molecular weight excluding hydrogens is 1220 g/mol. The molecular formula is C87H165NO10. The molecule has 0 spiro atoms. The summed E-state index contributed by atoms with van der Waals surface area (Å²) in [5, 5.41) is 54.5. The van der Waals surface area contributed by atoms with Gasteiger partial charge in [-0.25, -0.2) is 0 Å². The van der Waals surface area contributed by atoms with Crippen LogP contribution in [-0.4, -0.2) is 100 Å². The van der Waals surface area contributed by atoms with Gasteiger partial charge in [-0.1, -0.05) is 416 Å². The quantitative estimate of drug-likeness (QED) is 0.0195. The van der Waals surface area contributed by atoms with Crippen molar-refractivity contribution in [2.75, 3.05) is 19.8 Å². The lowest BCUT2D eigenvalue weighted by Crippen LogP contribution is -2.60. The first-order valence-electron chi connectivity index (χ1n) is 43.3. The van der Waals surface area contributed by atoms with E-state index in [9.17, 15) is 35.1 Å². The maximum Gasteiger partial charge on any atom is 0.305 e. The molecule has 0 aromatic carbocycles. The third-order valence-electron chi connectivity index (χ3n) is 20.7. The summed E-state index contributed by atoms with van der Waals surface area (Å²) in [6.45, 7) is 4.34. The zero-order valence-corrected chi connectivity index (χ0v) is 64.8. The van der Waals surface area contributed by atoms with Crippen LogP contribution in [0, 0.1) is 0 Å². The van der Waals surface area contributed by atoms with Crippen molar-refractivity contribution in [3.63, 3.8) is 0 Å². The van der Waals surface area contributed by atoms with E-state index in [2.05, 4.69) is 43.5 Å². The van der Waals surface area contributed by atoms with Crippen LogP contribution in [0.15, 0.2) is 36.5 Å². The number of aliphatic hydroxyl groups excluding tert-OH is 5. The third-order valence-corrected chi connectivity index (χ3v) is 20.7. The molecule has 6 N–H and O–H groups in total.